The van der Waals surface area contributed by atoms with Crippen LogP contribution in [0.3, 0.4) is 0 Å². The normalized spacial score (nSPS) is 17.5. The fourth-order valence-corrected chi connectivity index (χ4v) is 2.49. The number of ether oxygens (including phenoxy) is 1. The highest BCUT2D eigenvalue weighted by Crippen LogP contribution is 2.17. The van der Waals surface area contributed by atoms with Crippen LogP contribution in [-0.4, -0.2) is 34.9 Å². The van der Waals surface area contributed by atoms with Crippen LogP contribution >= 0.6 is 0 Å². The molecule has 3 rings (SSSR count). The number of nitrogens with two attached hydrogens (primary N) is 1. The van der Waals surface area contributed by atoms with Crippen LogP contribution in [0.5, 0.6) is 5.75 Å². The molecule has 22 heavy (non-hydrogen) atoms. The second kappa shape index (κ2) is 6.58. The first kappa shape index (κ1) is 14.5. The molecule has 1 aliphatic rings. The highest BCUT2D eigenvalue weighted by Gasteiger charge is 2.24. The molecular formula is C17H19N3O2. The van der Waals surface area contributed by atoms with E-state index in [0.29, 0.717) is 18.7 Å². The van der Waals surface area contributed by atoms with Crippen molar-refractivity contribution < 1.29 is 9.53 Å². The van der Waals surface area contributed by atoms with Crippen LogP contribution in [0.25, 0.3) is 0 Å². The van der Waals surface area contributed by atoms with Gasteiger partial charge in [-0.1, -0.05) is 6.07 Å². The van der Waals surface area contributed by atoms with Gasteiger partial charge in [0, 0.05) is 30.9 Å². The van der Waals surface area contributed by atoms with Gasteiger partial charge in [-0.25, -0.2) is 0 Å². The van der Waals surface area contributed by atoms with Gasteiger partial charge >= 0.3 is 0 Å². The van der Waals surface area contributed by atoms with Crippen LogP contribution < -0.4 is 10.5 Å². The number of hydrogen-bond donors (Lipinski definition) is 1. The summed E-state index contributed by atoms with van der Waals surface area (Å²) in [7, 11) is 0. The van der Waals surface area contributed by atoms with Crippen LogP contribution in [0.4, 0.5) is 0 Å². The number of carbonyl (C=O) groups is 1. The fraction of sp³-hybridized carbons (Fsp3) is 0.294. The van der Waals surface area contributed by atoms with E-state index < -0.39 is 0 Å². The average Bonchev–Trinajstić information content (AvgIpc) is 3.00. The third-order valence-corrected chi connectivity index (χ3v) is 3.73. The van der Waals surface area contributed by atoms with Crippen LogP contribution in [0.2, 0.25) is 0 Å². The minimum absolute atomic E-state index is 0.0317. The van der Waals surface area contributed by atoms with E-state index in [2.05, 4.69) is 4.98 Å². The maximum absolute atomic E-state index is 12.3. The van der Waals surface area contributed by atoms with E-state index in [1.807, 2.05) is 30.3 Å². The van der Waals surface area contributed by atoms with Crippen molar-refractivity contribution in [3.63, 3.8) is 0 Å². The van der Waals surface area contributed by atoms with Gasteiger partial charge in [0.15, 0.2) is 0 Å². The number of rotatable bonds is 4. The third-order valence-electron chi connectivity index (χ3n) is 3.73. The zero-order valence-corrected chi connectivity index (χ0v) is 12.3. The van der Waals surface area contributed by atoms with E-state index in [-0.39, 0.29) is 11.9 Å². The molecule has 1 unspecified atom stereocenters. The SMILES string of the molecule is NC1CCN(C(=O)c2ccc(OCc3ccccn3)cc2)C1. The number of hydrogen-bond acceptors (Lipinski definition) is 4. The number of likely N-dealkylation sites (tertiary alicyclic amines) is 1. The summed E-state index contributed by atoms with van der Waals surface area (Å²) in [5.74, 6) is 0.754. The quantitative estimate of drug-likeness (QED) is 0.935. The van der Waals surface area contributed by atoms with E-state index in [9.17, 15) is 4.79 Å². The lowest BCUT2D eigenvalue weighted by molar-refractivity contribution is 0.0791. The molecule has 0 saturated carbocycles. The van der Waals surface area contributed by atoms with E-state index in [1.54, 1.807) is 23.2 Å². The lowest BCUT2D eigenvalue weighted by Gasteiger charge is -2.16. The molecule has 1 amide bonds. The molecule has 1 atom stereocenters. The van der Waals surface area contributed by atoms with Crippen molar-refractivity contribution in [3.8, 4) is 5.75 Å². The van der Waals surface area contributed by atoms with Gasteiger partial charge in [-0.15, -0.1) is 0 Å². The molecule has 1 saturated heterocycles. The predicted molar refractivity (Wildman–Crippen MR) is 83.5 cm³/mol. The number of benzene rings is 1. The van der Waals surface area contributed by atoms with E-state index in [4.69, 9.17) is 10.5 Å². The molecule has 114 valence electrons. The number of pyridine rings is 1. The Morgan fingerprint density at radius 1 is 1.27 bits per heavy atom. The first-order chi connectivity index (χ1) is 10.7. The molecule has 5 heteroatoms. The Morgan fingerprint density at radius 2 is 2.09 bits per heavy atom. The minimum Gasteiger partial charge on any atom is -0.487 e. The Labute approximate surface area is 129 Å². The zero-order chi connectivity index (χ0) is 15.4. The molecule has 0 radical (unpaired) electrons. The van der Waals surface area contributed by atoms with Gasteiger partial charge in [0.2, 0.25) is 0 Å². The Kier molecular flexibility index (Phi) is 4.34. The lowest BCUT2D eigenvalue weighted by Crippen LogP contribution is -2.31. The summed E-state index contributed by atoms with van der Waals surface area (Å²) in [5, 5.41) is 0. The third kappa shape index (κ3) is 3.43. The van der Waals surface area contributed by atoms with Gasteiger partial charge < -0.3 is 15.4 Å². The molecular weight excluding hydrogens is 278 g/mol. The van der Waals surface area contributed by atoms with E-state index >= 15 is 0 Å². The van der Waals surface area contributed by atoms with Gasteiger partial charge in [-0.05, 0) is 42.8 Å². The fourth-order valence-electron chi connectivity index (χ4n) is 2.49. The first-order valence-electron chi connectivity index (χ1n) is 7.40. The minimum atomic E-state index is 0.0317. The predicted octanol–water partition coefficient (Wildman–Crippen LogP) is 1.83. The monoisotopic (exact) mass is 297 g/mol. The van der Waals surface area contributed by atoms with Crippen molar-refractivity contribution in [2.24, 2.45) is 5.73 Å². The van der Waals surface area contributed by atoms with E-state index in [0.717, 1.165) is 24.4 Å². The maximum atomic E-state index is 12.3. The Bertz CT molecular complexity index is 628. The van der Waals surface area contributed by atoms with Crippen molar-refractivity contribution in [2.45, 2.75) is 19.1 Å². The Morgan fingerprint density at radius 3 is 2.73 bits per heavy atom. The van der Waals surface area contributed by atoms with Gasteiger partial charge in [0.25, 0.3) is 5.91 Å². The first-order valence-corrected chi connectivity index (χ1v) is 7.40. The molecule has 1 fully saturated rings. The Balaban J connectivity index is 1.59. The topological polar surface area (TPSA) is 68.5 Å². The summed E-state index contributed by atoms with van der Waals surface area (Å²) in [5.41, 5.74) is 7.38. The smallest absolute Gasteiger partial charge is 0.253 e. The van der Waals surface area contributed by atoms with Crippen LogP contribution in [-0.2, 0) is 6.61 Å². The molecule has 2 heterocycles. The van der Waals surface area contributed by atoms with Crippen LogP contribution in [0, 0.1) is 0 Å². The van der Waals surface area contributed by atoms with Gasteiger partial charge in [-0.2, -0.15) is 0 Å². The molecule has 0 spiro atoms. The van der Waals surface area contributed by atoms with Crippen LogP contribution in [0.15, 0.2) is 48.7 Å². The highest BCUT2D eigenvalue weighted by atomic mass is 16.5. The highest BCUT2D eigenvalue weighted by molar-refractivity contribution is 5.94. The molecule has 5 nitrogen and oxygen atoms in total. The molecule has 1 aromatic heterocycles. The largest absolute Gasteiger partial charge is 0.487 e. The van der Waals surface area contributed by atoms with Crippen LogP contribution in [0.1, 0.15) is 22.5 Å². The second-order valence-corrected chi connectivity index (χ2v) is 5.43. The number of carbonyl (C=O) groups excluding carboxylic acids is 1. The number of amides is 1. The molecule has 2 aromatic rings. The number of nitrogens with zero attached hydrogens (tertiary/aromatic N) is 2. The molecule has 1 aliphatic heterocycles. The molecule has 1 aromatic carbocycles. The summed E-state index contributed by atoms with van der Waals surface area (Å²) in [4.78, 5) is 18.3. The van der Waals surface area contributed by atoms with Crippen molar-refractivity contribution in [1.82, 2.24) is 9.88 Å². The van der Waals surface area contributed by atoms with Gasteiger partial charge in [0.05, 0.1) is 5.69 Å². The van der Waals surface area contributed by atoms with Crippen molar-refractivity contribution in [3.05, 3.63) is 59.9 Å². The lowest BCUT2D eigenvalue weighted by atomic mass is 10.2. The summed E-state index contributed by atoms with van der Waals surface area (Å²) in [6.07, 6.45) is 2.61. The summed E-state index contributed by atoms with van der Waals surface area (Å²) < 4.78 is 5.66. The number of aromatic nitrogens is 1. The summed E-state index contributed by atoms with van der Waals surface area (Å²) in [6.45, 7) is 1.78. The maximum Gasteiger partial charge on any atom is 0.253 e. The summed E-state index contributed by atoms with van der Waals surface area (Å²) in [6, 6.07) is 13.0. The average molecular weight is 297 g/mol. The summed E-state index contributed by atoms with van der Waals surface area (Å²) >= 11 is 0. The Hall–Kier alpha value is -2.40. The van der Waals surface area contributed by atoms with E-state index in [1.165, 1.54) is 0 Å². The van der Waals surface area contributed by atoms with Gasteiger partial charge in [0.1, 0.15) is 12.4 Å². The standard InChI is InChI=1S/C17H19N3O2/c18-14-8-10-20(11-14)17(21)13-4-6-16(7-5-13)22-12-15-3-1-2-9-19-15/h1-7,9,14H,8,10-12,18H2. The zero-order valence-electron chi connectivity index (χ0n) is 12.3. The van der Waals surface area contributed by atoms with Crippen molar-refractivity contribution >= 4 is 5.91 Å². The van der Waals surface area contributed by atoms with Crippen molar-refractivity contribution in [2.75, 3.05) is 13.1 Å². The molecule has 0 bridgehead atoms. The molecule has 2 N–H and O–H groups in total. The second-order valence-electron chi connectivity index (χ2n) is 5.43. The van der Waals surface area contributed by atoms with Crippen molar-refractivity contribution in [1.29, 1.82) is 0 Å². The van der Waals surface area contributed by atoms with Gasteiger partial charge in [-0.3, -0.25) is 9.78 Å². The molecule has 0 aliphatic carbocycles.